The lowest BCUT2D eigenvalue weighted by atomic mass is 9.89. The summed E-state index contributed by atoms with van der Waals surface area (Å²) in [5, 5.41) is 5.47. The second-order valence-corrected chi connectivity index (χ2v) is 17.3. The van der Waals surface area contributed by atoms with Crippen LogP contribution in [0.25, 0.3) is 134 Å². The van der Waals surface area contributed by atoms with Gasteiger partial charge in [0.25, 0.3) is 0 Å². The highest BCUT2D eigenvalue weighted by molar-refractivity contribution is 6.27. The van der Waals surface area contributed by atoms with Gasteiger partial charge in [0, 0.05) is 54.7 Å². The van der Waals surface area contributed by atoms with E-state index in [4.69, 9.17) is 24.4 Å². The van der Waals surface area contributed by atoms with Gasteiger partial charge in [0.15, 0.2) is 17.5 Å². The Balaban J connectivity index is 0.949. The second-order valence-electron chi connectivity index (χ2n) is 17.3. The number of furan rings is 1. The standard InChI is InChI=1S/C64H40N4O/c1-4-17-41(18-5-1)46-23-14-26-49(37-46)62-66-63(50-27-15-24-47(38-50)42-19-6-2-7-20-42)68-64(67-62)51-28-16-25-48(39-51)43-33-35-44(36-34-43)58-59-52-29-10-12-31-55(52)65-61(45-21-8-3-9-22-45)54(59)40-57-60(58)53-30-11-13-32-56(53)69-57/h1-40H. The molecular formula is C64H40N4O. The van der Waals surface area contributed by atoms with E-state index in [1.165, 1.54) is 0 Å². The quantitative estimate of drug-likeness (QED) is 0.142. The second kappa shape index (κ2) is 16.8. The van der Waals surface area contributed by atoms with Gasteiger partial charge in [-0.2, -0.15) is 0 Å². The summed E-state index contributed by atoms with van der Waals surface area (Å²) in [6.45, 7) is 0. The molecule has 5 nitrogen and oxygen atoms in total. The van der Waals surface area contributed by atoms with Crippen LogP contribution >= 0.6 is 0 Å². The number of nitrogens with zero attached hydrogens (tertiary/aromatic N) is 4. The number of para-hydroxylation sites is 2. The highest BCUT2D eigenvalue weighted by Crippen LogP contribution is 2.46. The lowest BCUT2D eigenvalue weighted by molar-refractivity contribution is 0.669. The molecule has 0 amide bonds. The van der Waals surface area contributed by atoms with Crippen molar-refractivity contribution >= 4 is 43.6 Å². The number of hydrogen-bond donors (Lipinski definition) is 0. The van der Waals surface area contributed by atoms with Crippen LogP contribution in [0.4, 0.5) is 0 Å². The van der Waals surface area contributed by atoms with E-state index < -0.39 is 0 Å². The molecule has 3 heterocycles. The molecule has 0 atom stereocenters. The van der Waals surface area contributed by atoms with Crippen molar-refractivity contribution in [2.45, 2.75) is 0 Å². The first-order valence-corrected chi connectivity index (χ1v) is 23.2. The van der Waals surface area contributed by atoms with E-state index in [-0.39, 0.29) is 0 Å². The van der Waals surface area contributed by atoms with Crippen LogP contribution in [0.3, 0.4) is 0 Å². The van der Waals surface area contributed by atoms with E-state index in [0.29, 0.717) is 17.5 Å². The maximum Gasteiger partial charge on any atom is 0.164 e. The molecule has 0 aliphatic heterocycles. The molecule has 13 rings (SSSR count). The highest BCUT2D eigenvalue weighted by Gasteiger charge is 2.22. The summed E-state index contributed by atoms with van der Waals surface area (Å²) in [4.78, 5) is 20.8. The van der Waals surface area contributed by atoms with Gasteiger partial charge in [0.2, 0.25) is 0 Å². The van der Waals surface area contributed by atoms with Crippen LogP contribution in [0.1, 0.15) is 0 Å². The highest BCUT2D eigenvalue weighted by atomic mass is 16.3. The van der Waals surface area contributed by atoms with Crippen LogP contribution in [0.2, 0.25) is 0 Å². The SMILES string of the molecule is c1ccc(-c2cccc(-c3nc(-c4cccc(-c5ccccc5)c4)nc(-c4cccc(-c5ccc(-c6c7c(cc8c(-c9ccccc9)nc9ccccc9c68)oc6ccccc67)cc5)c4)n3)c2)cc1. The van der Waals surface area contributed by atoms with Crippen LogP contribution in [0.15, 0.2) is 247 Å². The molecule has 0 aliphatic rings. The molecule has 0 bridgehead atoms. The number of pyridine rings is 1. The Labute approximate surface area is 398 Å². The molecule has 0 fully saturated rings. The topological polar surface area (TPSA) is 64.7 Å². The first-order chi connectivity index (χ1) is 34.2. The van der Waals surface area contributed by atoms with Crippen molar-refractivity contribution < 1.29 is 4.42 Å². The molecule has 10 aromatic carbocycles. The zero-order valence-electron chi connectivity index (χ0n) is 37.3. The summed E-state index contributed by atoms with van der Waals surface area (Å²) in [6.07, 6.45) is 0. The summed E-state index contributed by atoms with van der Waals surface area (Å²) < 4.78 is 6.66. The Hall–Kier alpha value is -9.32. The van der Waals surface area contributed by atoms with Gasteiger partial charge in [-0.15, -0.1) is 0 Å². The molecule has 69 heavy (non-hydrogen) atoms. The average Bonchev–Trinajstić information content (AvgIpc) is 3.81. The van der Waals surface area contributed by atoms with Crippen LogP contribution < -0.4 is 0 Å². The maximum absolute atomic E-state index is 6.66. The number of rotatable bonds is 8. The van der Waals surface area contributed by atoms with Crippen molar-refractivity contribution in [2.75, 3.05) is 0 Å². The monoisotopic (exact) mass is 880 g/mol. The maximum atomic E-state index is 6.66. The Bertz CT molecular complexity index is 3950. The molecule has 0 saturated heterocycles. The van der Waals surface area contributed by atoms with Gasteiger partial charge >= 0.3 is 0 Å². The lowest BCUT2D eigenvalue weighted by Gasteiger charge is -2.16. The largest absolute Gasteiger partial charge is 0.456 e. The number of hydrogen-bond acceptors (Lipinski definition) is 5. The molecule has 13 aromatic rings. The van der Waals surface area contributed by atoms with Gasteiger partial charge in [-0.05, 0) is 75.3 Å². The van der Waals surface area contributed by atoms with Gasteiger partial charge < -0.3 is 4.42 Å². The van der Waals surface area contributed by atoms with Crippen molar-refractivity contribution in [2.24, 2.45) is 0 Å². The molecular weight excluding hydrogens is 841 g/mol. The fraction of sp³-hybridized carbons (Fsp3) is 0. The number of aromatic nitrogens is 4. The van der Waals surface area contributed by atoms with E-state index in [1.807, 2.05) is 24.3 Å². The van der Waals surface area contributed by atoms with Crippen LogP contribution in [-0.4, -0.2) is 19.9 Å². The van der Waals surface area contributed by atoms with Gasteiger partial charge in [-0.1, -0.05) is 206 Å². The van der Waals surface area contributed by atoms with E-state index in [9.17, 15) is 0 Å². The third-order valence-electron chi connectivity index (χ3n) is 13.1. The fourth-order valence-electron chi connectivity index (χ4n) is 9.79. The molecule has 322 valence electrons. The first kappa shape index (κ1) is 40.0. The molecule has 0 radical (unpaired) electrons. The zero-order valence-corrected chi connectivity index (χ0v) is 37.3. The molecule has 0 unspecified atom stereocenters. The minimum absolute atomic E-state index is 0.600. The number of fused-ring (bicyclic) bond motifs is 6. The predicted octanol–water partition coefficient (Wildman–Crippen LogP) is 16.8. The van der Waals surface area contributed by atoms with Gasteiger partial charge in [0.1, 0.15) is 11.2 Å². The summed E-state index contributed by atoms with van der Waals surface area (Å²) in [5.41, 5.74) is 16.2. The molecule has 0 N–H and O–H groups in total. The molecule has 0 saturated carbocycles. The minimum Gasteiger partial charge on any atom is -0.456 e. The van der Waals surface area contributed by atoms with Crippen molar-refractivity contribution in [3.63, 3.8) is 0 Å². The summed E-state index contributed by atoms with van der Waals surface area (Å²) in [5.74, 6) is 1.82. The van der Waals surface area contributed by atoms with Crippen LogP contribution in [-0.2, 0) is 0 Å². The van der Waals surface area contributed by atoms with Gasteiger partial charge in [-0.3, -0.25) is 0 Å². The van der Waals surface area contributed by atoms with Crippen LogP contribution in [0, 0.1) is 0 Å². The Morgan fingerprint density at radius 1 is 0.246 bits per heavy atom. The third-order valence-corrected chi connectivity index (χ3v) is 13.1. The predicted molar refractivity (Wildman–Crippen MR) is 283 cm³/mol. The molecule has 0 aliphatic carbocycles. The summed E-state index contributed by atoms with van der Waals surface area (Å²) >= 11 is 0. The van der Waals surface area contributed by atoms with Crippen molar-refractivity contribution in [1.29, 1.82) is 0 Å². The van der Waals surface area contributed by atoms with E-state index in [2.05, 4.69) is 218 Å². The van der Waals surface area contributed by atoms with Crippen molar-refractivity contribution in [3.8, 4) is 89.9 Å². The van der Waals surface area contributed by atoms with Crippen LogP contribution in [0.5, 0.6) is 0 Å². The first-order valence-electron chi connectivity index (χ1n) is 23.2. The molecule has 0 spiro atoms. The van der Waals surface area contributed by atoms with E-state index in [0.717, 1.165) is 116 Å². The smallest absolute Gasteiger partial charge is 0.164 e. The Morgan fingerprint density at radius 2 is 0.667 bits per heavy atom. The normalized spacial score (nSPS) is 11.5. The number of benzene rings is 10. The van der Waals surface area contributed by atoms with E-state index >= 15 is 0 Å². The van der Waals surface area contributed by atoms with Crippen molar-refractivity contribution in [1.82, 2.24) is 19.9 Å². The lowest BCUT2D eigenvalue weighted by Crippen LogP contribution is -2.00. The van der Waals surface area contributed by atoms with E-state index in [1.54, 1.807) is 0 Å². The fourth-order valence-corrected chi connectivity index (χ4v) is 9.79. The average molecular weight is 881 g/mol. The Kier molecular flexibility index (Phi) is 9.76. The summed E-state index contributed by atoms with van der Waals surface area (Å²) in [6, 6.07) is 84.6. The van der Waals surface area contributed by atoms with Crippen molar-refractivity contribution in [3.05, 3.63) is 243 Å². The van der Waals surface area contributed by atoms with Gasteiger partial charge in [-0.25, -0.2) is 19.9 Å². The Morgan fingerprint density at radius 3 is 1.22 bits per heavy atom. The third kappa shape index (κ3) is 7.30. The minimum atomic E-state index is 0.600. The zero-order chi connectivity index (χ0) is 45.7. The van der Waals surface area contributed by atoms with Gasteiger partial charge in [0.05, 0.1) is 11.2 Å². The summed E-state index contributed by atoms with van der Waals surface area (Å²) in [7, 11) is 0. The molecule has 5 heteroatoms. The molecule has 3 aromatic heterocycles.